The van der Waals surface area contributed by atoms with Gasteiger partial charge >= 0.3 is 5.97 Å². The van der Waals surface area contributed by atoms with Crippen LogP contribution in [0.5, 0.6) is 11.5 Å². The monoisotopic (exact) mass is 380 g/mol. The van der Waals surface area contributed by atoms with Gasteiger partial charge in [0.15, 0.2) is 11.6 Å². The number of carboxylic acid groups (broad SMARTS) is 1. The van der Waals surface area contributed by atoms with E-state index < -0.39 is 29.3 Å². The second kappa shape index (κ2) is 7.50. The van der Waals surface area contributed by atoms with Crippen LogP contribution < -0.4 is 9.47 Å². The number of carbonyl (C=O) groups is 1. The molecule has 1 N–H and O–H groups in total. The van der Waals surface area contributed by atoms with E-state index in [0.29, 0.717) is 6.42 Å². The Kier molecular flexibility index (Phi) is 5.30. The standard InChI is InChI=1S/C20H19F3O4/c1-10(2)27-13-6-16(19(23)18(22)8-13)14-4-3-12(7-17(14)21)26-9-11-5-15(11)20(24)25/h3-4,6-8,10-11,15H,5,9H2,1-2H3,(H,24,25)/t11-,15+/m0/s1. The summed E-state index contributed by atoms with van der Waals surface area (Å²) >= 11 is 0. The molecule has 1 saturated carbocycles. The highest BCUT2D eigenvalue weighted by Gasteiger charge is 2.43. The number of hydrogen-bond acceptors (Lipinski definition) is 3. The van der Waals surface area contributed by atoms with Crippen molar-refractivity contribution < 1.29 is 32.5 Å². The lowest BCUT2D eigenvalue weighted by Gasteiger charge is -2.13. The number of rotatable bonds is 7. The molecule has 0 saturated heterocycles. The quantitative estimate of drug-likeness (QED) is 0.759. The largest absolute Gasteiger partial charge is 0.493 e. The Morgan fingerprint density at radius 3 is 2.41 bits per heavy atom. The second-order valence-corrected chi connectivity index (χ2v) is 6.83. The lowest BCUT2D eigenvalue weighted by molar-refractivity contribution is -0.138. The van der Waals surface area contributed by atoms with E-state index >= 15 is 0 Å². The third-order valence-electron chi connectivity index (χ3n) is 4.31. The lowest BCUT2D eigenvalue weighted by atomic mass is 10.0. The fourth-order valence-corrected chi connectivity index (χ4v) is 2.84. The minimum atomic E-state index is -1.17. The van der Waals surface area contributed by atoms with E-state index in [1.807, 2.05) is 0 Å². The van der Waals surface area contributed by atoms with Crippen LogP contribution in [0.1, 0.15) is 20.3 Å². The van der Waals surface area contributed by atoms with E-state index in [0.717, 1.165) is 12.1 Å². The third-order valence-corrected chi connectivity index (χ3v) is 4.31. The van der Waals surface area contributed by atoms with E-state index in [1.165, 1.54) is 18.2 Å². The van der Waals surface area contributed by atoms with Gasteiger partial charge in [-0.25, -0.2) is 13.2 Å². The molecule has 1 aliphatic rings. The van der Waals surface area contributed by atoms with Crippen LogP contribution in [-0.4, -0.2) is 23.8 Å². The Labute approximate surface area is 154 Å². The summed E-state index contributed by atoms with van der Waals surface area (Å²) in [6.07, 6.45) is 0.281. The van der Waals surface area contributed by atoms with Gasteiger partial charge in [0.25, 0.3) is 0 Å². The highest BCUT2D eigenvalue weighted by Crippen LogP contribution is 2.39. The molecule has 1 aliphatic carbocycles. The van der Waals surface area contributed by atoms with Gasteiger partial charge in [0.1, 0.15) is 17.3 Å². The van der Waals surface area contributed by atoms with Crippen LogP contribution in [0, 0.1) is 29.3 Å². The number of hydrogen-bond donors (Lipinski definition) is 1. The molecule has 0 unspecified atom stereocenters. The Hall–Kier alpha value is -2.70. The molecule has 0 radical (unpaired) electrons. The first-order valence-electron chi connectivity index (χ1n) is 8.57. The van der Waals surface area contributed by atoms with Gasteiger partial charge in [-0.1, -0.05) is 0 Å². The van der Waals surface area contributed by atoms with Crippen molar-refractivity contribution in [2.75, 3.05) is 6.61 Å². The smallest absolute Gasteiger partial charge is 0.306 e. The maximum Gasteiger partial charge on any atom is 0.306 e. The molecule has 4 nitrogen and oxygen atoms in total. The topological polar surface area (TPSA) is 55.8 Å². The first kappa shape index (κ1) is 19.1. The van der Waals surface area contributed by atoms with Crippen molar-refractivity contribution >= 4 is 5.97 Å². The first-order chi connectivity index (χ1) is 12.8. The number of carboxylic acids is 1. The van der Waals surface area contributed by atoms with E-state index in [-0.39, 0.29) is 41.3 Å². The second-order valence-electron chi connectivity index (χ2n) is 6.83. The Morgan fingerprint density at radius 1 is 1.11 bits per heavy atom. The average molecular weight is 380 g/mol. The van der Waals surface area contributed by atoms with Crippen molar-refractivity contribution in [3.8, 4) is 22.6 Å². The fourth-order valence-electron chi connectivity index (χ4n) is 2.84. The Balaban J connectivity index is 1.79. The maximum absolute atomic E-state index is 14.5. The van der Waals surface area contributed by atoms with E-state index in [1.54, 1.807) is 13.8 Å². The van der Waals surface area contributed by atoms with Crippen molar-refractivity contribution in [3.63, 3.8) is 0 Å². The van der Waals surface area contributed by atoms with Crippen molar-refractivity contribution in [2.24, 2.45) is 11.8 Å². The molecule has 1 fully saturated rings. The molecule has 0 spiro atoms. The molecule has 2 aromatic carbocycles. The molecule has 0 aromatic heterocycles. The molecule has 0 aliphatic heterocycles. The Bertz CT molecular complexity index is 867. The van der Waals surface area contributed by atoms with Gasteiger partial charge in [-0.15, -0.1) is 0 Å². The van der Waals surface area contributed by atoms with Gasteiger partial charge in [-0.3, -0.25) is 4.79 Å². The summed E-state index contributed by atoms with van der Waals surface area (Å²) in [5.41, 5.74) is -0.370. The zero-order chi connectivity index (χ0) is 19.7. The number of aliphatic carboxylic acids is 1. The molecule has 3 rings (SSSR count). The van der Waals surface area contributed by atoms with E-state index in [4.69, 9.17) is 14.6 Å². The van der Waals surface area contributed by atoms with E-state index in [9.17, 15) is 18.0 Å². The summed E-state index contributed by atoms with van der Waals surface area (Å²) in [4.78, 5) is 10.8. The minimum Gasteiger partial charge on any atom is -0.493 e. The van der Waals surface area contributed by atoms with Gasteiger partial charge < -0.3 is 14.6 Å². The van der Waals surface area contributed by atoms with Crippen molar-refractivity contribution in [1.82, 2.24) is 0 Å². The van der Waals surface area contributed by atoms with Crippen molar-refractivity contribution in [2.45, 2.75) is 26.4 Å². The van der Waals surface area contributed by atoms with Gasteiger partial charge in [0.2, 0.25) is 0 Å². The fraction of sp³-hybridized carbons (Fsp3) is 0.350. The van der Waals surface area contributed by atoms with Crippen LogP contribution in [0.15, 0.2) is 30.3 Å². The molecular formula is C20H19F3O4. The predicted octanol–water partition coefficient (Wildman–Crippen LogP) is 4.66. The SMILES string of the molecule is CC(C)Oc1cc(F)c(F)c(-c2ccc(OC[C@@H]3C[C@H]3C(=O)O)cc2F)c1. The molecule has 144 valence electrons. The summed E-state index contributed by atoms with van der Waals surface area (Å²) in [7, 11) is 0. The summed E-state index contributed by atoms with van der Waals surface area (Å²) in [5, 5.41) is 8.86. The molecule has 0 amide bonds. The summed E-state index contributed by atoms with van der Waals surface area (Å²) in [6.45, 7) is 3.64. The highest BCUT2D eigenvalue weighted by atomic mass is 19.2. The van der Waals surface area contributed by atoms with Gasteiger partial charge in [-0.2, -0.15) is 0 Å². The number of ether oxygens (including phenoxy) is 2. The van der Waals surface area contributed by atoms with E-state index in [2.05, 4.69) is 0 Å². The van der Waals surface area contributed by atoms with Crippen LogP contribution in [0.3, 0.4) is 0 Å². The zero-order valence-electron chi connectivity index (χ0n) is 14.8. The number of benzene rings is 2. The highest BCUT2D eigenvalue weighted by molar-refractivity contribution is 5.73. The zero-order valence-corrected chi connectivity index (χ0v) is 14.8. The summed E-state index contributed by atoms with van der Waals surface area (Å²) < 4.78 is 53.3. The molecule has 27 heavy (non-hydrogen) atoms. The molecule has 7 heteroatoms. The van der Waals surface area contributed by atoms with Crippen LogP contribution in [0.25, 0.3) is 11.1 Å². The first-order valence-corrected chi connectivity index (χ1v) is 8.57. The molecule has 0 heterocycles. The van der Waals surface area contributed by atoms with Crippen LogP contribution in [0.4, 0.5) is 13.2 Å². The molecule has 2 atom stereocenters. The van der Waals surface area contributed by atoms with Crippen molar-refractivity contribution in [3.05, 3.63) is 47.8 Å². The molecule has 0 bridgehead atoms. The van der Waals surface area contributed by atoms with Crippen LogP contribution in [0.2, 0.25) is 0 Å². The Morgan fingerprint density at radius 2 is 1.81 bits per heavy atom. The average Bonchev–Trinajstić information content (AvgIpc) is 3.36. The van der Waals surface area contributed by atoms with Gasteiger partial charge in [-0.05, 0) is 38.5 Å². The predicted molar refractivity (Wildman–Crippen MR) is 92.2 cm³/mol. The summed E-state index contributed by atoms with van der Waals surface area (Å²) in [5.74, 6) is -4.16. The minimum absolute atomic E-state index is 0.0957. The number of halogens is 3. The molecular weight excluding hydrogens is 361 g/mol. The van der Waals surface area contributed by atoms with Crippen molar-refractivity contribution in [1.29, 1.82) is 0 Å². The van der Waals surface area contributed by atoms with Crippen LogP contribution in [-0.2, 0) is 4.79 Å². The lowest BCUT2D eigenvalue weighted by Crippen LogP contribution is -2.07. The normalized spacial score (nSPS) is 18.4. The maximum atomic E-state index is 14.5. The molecule has 2 aromatic rings. The summed E-state index contributed by atoms with van der Waals surface area (Å²) in [6, 6.07) is 5.97. The van der Waals surface area contributed by atoms with Gasteiger partial charge in [0, 0.05) is 29.2 Å². The van der Waals surface area contributed by atoms with Gasteiger partial charge in [0.05, 0.1) is 18.6 Å². The van der Waals surface area contributed by atoms with Crippen LogP contribution >= 0.6 is 0 Å². The third kappa shape index (κ3) is 4.35.